The number of hydrogen-bond donors (Lipinski definition) is 1. The SMILES string of the molecule is CCOc1cc(C#N)c(N)cc1F. The zero-order chi connectivity index (χ0) is 9.84. The maximum absolute atomic E-state index is 13.0. The first-order chi connectivity index (χ1) is 6.19. The number of rotatable bonds is 2. The summed E-state index contributed by atoms with van der Waals surface area (Å²) in [4.78, 5) is 0. The van der Waals surface area contributed by atoms with E-state index in [1.807, 2.05) is 6.07 Å². The molecule has 0 fully saturated rings. The Morgan fingerprint density at radius 3 is 2.85 bits per heavy atom. The summed E-state index contributed by atoms with van der Waals surface area (Å²) < 4.78 is 18.0. The number of nitriles is 1. The van der Waals surface area contributed by atoms with Crippen molar-refractivity contribution in [3.63, 3.8) is 0 Å². The number of nitrogens with zero attached hydrogens (tertiary/aromatic N) is 1. The summed E-state index contributed by atoms with van der Waals surface area (Å²) in [5.74, 6) is -0.480. The van der Waals surface area contributed by atoms with E-state index in [1.54, 1.807) is 6.92 Å². The highest BCUT2D eigenvalue weighted by Crippen LogP contribution is 2.23. The predicted octanol–water partition coefficient (Wildman–Crippen LogP) is 1.68. The molecule has 0 bridgehead atoms. The summed E-state index contributed by atoms with van der Waals surface area (Å²) in [6.07, 6.45) is 0. The largest absolute Gasteiger partial charge is 0.491 e. The van der Waals surface area contributed by atoms with Crippen molar-refractivity contribution in [2.75, 3.05) is 12.3 Å². The highest BCUT2D eigenvalue weighted by molar-refractivity contribution is 5.57. The lowest BCUT2D eigenvalue weighted by atomic mass is 10.2. The van der Waals surface area contributed by atoms with E-state index in [1.165, 1.54) is 6.07 Å². The minimum Gasteiger partial charge on any atom is -0.491 e. The summed E-state index contributed by atoms with van der Waals surface area (Å²) in [6.45, 7) is 2.09. The van der Waals surface area contributed by atoms with Crippen molar-refractivity contribution in [2.45, 2.75) is 6.92 Å². The smallest absolute Gasteiger partial charge is 0.167 e. The fourth-order valence-electron chi connectivity index (χ4n) is 0.932. The third-order valence-electron chi connectivity index (χ3n) is 1.52. The van der Waals surface area contributed by atoms with Crippen LogP contribution in [0.2, 0.25) is 0 Å². The van der Waals surface area contributed by atoms with E-state index < -0.39 is 5.82 Å². The zero-order valence-corrected chi connectivity index (χ0v) is 7.17. The van der Waals surface area contributed by atoms with E-state index in [-0.39, 0.29) is 17.0 Å². The van der Waals surface area contributed by atoms with Gasteiger partial charge in [0.05, 0.1) is 17.9 Å². The lowest BCUT2D eigenvalue weighted by Crippen LogP contribution is -1.98. The molecule has 1 aromatic rings. The molecule has 0 aliphatic heterocycles. The Labute approximate surface area is 75.5 Å². The first-order valence-electron chi connectivity index (χ1n) is 3.81. The second-order valence-corrected chi connectivity index (χ2v) is 2.41. The van der Waals surface area contributed by atoms with Crippen molar-refractivity contribution in [3.05, 3.63) is 23.5 Å². The van der Waals surface area contributed by atoms with Crippen LogP contribution in [-0.2, 0) is 0 Å². The second kappa shape index (κ2) is 3.76. The molecule has 0 saturated heterocycles. The monoisotopic (exact) mass is 180 g/mol. The number of hydrogen-bond acceptors (Lipinski definition) is 3. The van der Waals surface area contributed by atoms with E-state index >= 15 is 0 Å². The molecule has 0 radical (unpaired) electrons. The molecule has 0 aliphatic rings. The molecular weight excluding hydrogens is 171 g/mol. The van der Waals surface area contributed by atoms with Crippen molar-refractivity contribution in [1.82, 2.24) is 0 Å². The van der Waals surface area contributed by atoms with Gasteiger partial charge in [0.2, 0.25) is 0 Å². The third-order valence-corrected chi connectivity index (χ3v) is 1.52. The standard InChI is InChI=1S/C9H9FN2O/c1-2-13-9-3-6(5-11)8(12)4-7(9)10/h3-4H,2,12H2,1H3. The number of nitrogen functional groups attached to an aromatic ring is 1. The number of halogens is 1. The van der Waals surface area contributed by atoms with Gasteiger partial charge in [0.15, 0.2) is 11.6 Å². The van der Waals surface area contributed by atoms with Crippen LogP contribution in [0.15, 0.2) is 12.1 Å². The first-order valence-corrected chi connectivity index (χ1v) is 3.81. The van der Waals surface area contributed by atoms with Gasteiger partial charge in [0.25, 0.3) is 0 Å². The van der Waals surface area contributed by atoms with Gasteiger partial charge in [-0.1, -0.05) is 0 Å². The topological polar surface area (TPSA) is 59.0 Å². The molecule has 0 aromatic heterocycles. The summed E-state index contributed by atoms with van der Waals surface area (Å²) >= 11 is 0. The van der Waals surface area contributed by atoms with E-state index in [2.05, 4.69) is 0 Å². The molecule has 68 valence electrons. The first kappa shape index (κ1) is 9.33. The van der Waals surface area contributed by atoms with Crippen LogP contribution in [0.4, 0.5) is 10.1 Å². The number of benzene rings is 1. The maximum Gasteiger partial charge on any atom is 0.167 e. The van der Waals surface area contributed by atoms with Crippen LogP contribution in [0.3, 0.4) is 0 Å². The quantitative estimate of drug-likeness (QED) is 0.704. The molecule has 0 amide bonds. The average molecular weight is 180 g/mol. The normalized spacial score (nSPS) is 9.31. The second-order valence-electron chi connectivity index (χ2n) is 2.41. The zero-order valence-electron chi connectivity index (χ0n) is 7.17. The van der Waals surface area contributed by atoms with Crippen molar-refractivity contribution >= 4 is 5.69 Å². The maximum atomic E-state index is 13.0. The van der Waals surface area contributed by atoms with Gasteiger partial charge in [-0.25, -0.2) is 4.39 Å². The summed E-state index contributed by atoms with van der Waals surface area (Å²) in [7, 11) is 0. The molecule has 0 heterocycles. The van der Waals surface area contributed by atoms with Crippen molar-refractivity contribution < 1.29 is 9.13 Å². The van der Waals surface area contributed by atoms with Crippen molar-refractivity contribution in [1.29, 1.82) is 5.26 Å². The molecule has 2 N–H and O–H groups in total. The average Bonchev–Trinajstić information content (AvgIpc) is 2.10. The molecule has 1 aromatic carbocycles. The Morgan fingerprint density at radius 1 is 1.62 bits per heavy atom. The molecular formula is C9H9FN2O. The molecule has 0 aliphatic carbocycles. The number of ether oxygens (including phenoxy) is 1. The Kier molecular flexibility index (Phi) is 2.70. The van der Waals surface area contributed by atoms with Gasteiger partial charge >= 0.3 is 0 Å². The molecule has 4 heteroatoms. The molecule has 0 unspecified atom stereocenters. The van der Waals surface area contributed by atoms with Crippen molar-refractivity contribution in [2.24, 2.45) is 0 Å². The fourth-order valence-corrected chi connectivity index (χ4v) is 0.932. The van der Waals surface area contributed by atoms with Gasteiger partial charge in [-0.2, -0.15) is 5.26 Å². The molecule has 0 spiro atoms. The Morgan fingerprint density at radius 2 is 2.31 bits per heavy atom. The predicted molar refractivity (Wildman–Crippen MR) is 46.7 cm³/mol. The molecule has 1 rings (SSSR count). The van der Waals surface area contributed by atoms with Crippen LogP contribution >= 0.6 is 0 Å². The molecule has 13 heavy (non-hydrogen) atoms. The van der Waals surface area contributed by atoms with Crippen LogP contribution in [0.5, 0.6) is 5.75 Å². The number of anilines is 1. The number of nitrogens with two attached hydrogens (primary N) is 1. The van der Waals surface area contributed by atoms with Gasteiger partial charge in [0.1, 0.15) is 6.07 Å². The van der Waals surface area contributed by atoms with Gasteiger partial charge in [-0.15, -0.1) is 0 Å². The Bertz CT molecular complexity index is 357. The van der Waals surface area contributed by atoms with E-state index in [0.717, 1.165) is 6.07 Å². The van der Waals surface area contributed by atoms with Crippen LogP contribution in [0.1, 0.15) is 12.5 Å². The summed E-state index contributed by atoms with van der Waals surface area (Å²) in [5.41, 5.74) is 5.73. The van der Waals surface area contributed by atoms with Gasteiger partial charge < -0.3 is 10.5 Å². The minimum atomic E-state index is -0.543. The lowest BCUT2D eigenvalue weighted by molar-refractivity contribution is 0.321. The minimum absolute atomic E-state index is 0.0632. The van der Waals surface area contributed by atoms with E-state index in [9.17, 15) is 4.39 Å². The fraction of sp³-hybridized carbons (Fsp3) is 0.222. The third kappa shape index (κ3) is 1.88. The van der Waals surface area contributed by atoms with E-state index in [0.29, 0.717) is 6.61 Å². The summed E-state index contributed by atoms with van der Waals surface area (Å²) in [5, 5.41) is 8.59. The van der Waals surface area contributed by atoms with Gasteiger partial charge in [0, 0.05) is 12.1 Å². The highest BCUT2D eigenvalue weighted by Gasteiger charge is 2.07. The van der Waals surface area contributed by atoms with Gasteiger partial charge in [-0.05, 0) is 6.92 Å². The lowest BCUT2D eigenvalue weighted by Gasteiger charge is -2.05. The van der Waals surface area contributed by atoms with Crippen LogP contribution in [0.25, 0.3) is 0 Å². The van der Waals surface area contributed by atoms with Crippen LogP contribution < -0.4 is 10.5 Å². The van der Waals surface area contributed by atoms with E-state index in [4.69, 9.17) is 15.7 Å². The Balaban J connectivity index is 3.16. The summed E-state index contributed by atoms with van der Waals surface area (Å²) in [6, 6.07) is 4.24. The highest BCUT2D eigenvalue weighted by atomic mass is 19.1. The molecule has 0 saturated carbocycles. The Hall–Kier alpha value is -1.76. The van der Waals surface area contributed by atoms with Crippen molar-refractivity contribution in [3.8, 4) is 11.8 Å². The van der Waals surface area contributed by atoms with Gasteiger partial charge in [-0.3, -0.25) is 0 Å². The van der Waals surface area contributed by atoms with Crippen LogP contribution in [0, 0.1) is 17.1 Å². The van der Waals surface area contributed by atoms with Crippen LogP contribution in [-0.4, -0.2) is 6.61 Å². The molecule has 0 atom stereocenters. The molecule has 3 nitrogen and oxygen atoms in total.